The molecule has 2 N–H and O–H groups in total. The molecule has 1 fully saturated rings. The van der Waals surface area contributed by atoms with E-state index in [0.717, 1.165) is 11.3 Å². The first-order chi connectivity index (χ1) is 12.2. The van der Waals surface area contributed by atoms with E-state index in [1.165, 1.54) is 0 Å². The number of ether oxygens (including phenoxy) is 1. The minimum absolute atomic E-state index is 0.0134. The Morgan fingerprint density at radius 2 is 1.96 bits per heavy atom. The number of benzene rings is 1. The molecule has 1 aliphatic rings. The van der Waals surface area contributed by atoms with Crippen LogP contribution in [-0.4, -0.2) is 47.0 Å². The summed E-state index contributed by atoms with van der Waals surface area (Å²) in [6, 6.07) is 7.47. The summed E-state index contributed by atoms with van der Waals surface area (Å²) in [7, 11) is 1.60. The highest BCUT2D eigenvalue weighted by Gasteiger charge is 2.36. The lowest BCUT2D eigenvalue weighted by Gasteiger charge is -2.27. The molecule has 1 aromatic carbocycles. The van der Waals surface area contributed by atoms with Crippen molar-refractivity contribution in [2.75, 3.05) is 13.7 Å². The summed E-state index contributed by atoms with van der Waals surface area (Å²) in [6.07, 6.45) is 0.502. The first-order valence-electron chi connectivity index (χ1n) is 8.65. The highest BCUT2D eigenvalue weighted by atomic mass is 16.5. The third-order valence-electron chi connectivity index (χ3n) is 4.54. The van der Waals surface area contributed by atoms with Gasteiger partial charge in [-0.25, -0.2) is 0 Å². The Kier molecular flexibility index (Phi) is 6.23. The van der Waals surface area contributed by atoms with E-state index in [4.69, 9.17) is 9.84 Å². The van der Waals surface area contributed by atoms with Crippen LogP contribution in [0.4, 0.5) is 0 Å². The molecule has 26 heavy (non-hydrogen) atoms. The topological polar surface area (TPSA) is 95.9 Å². The van der Waals surface area contributed by atoms with Gasteiger partial charge in [-0.3, -0.25) is 14.4 Å². The fourth-order valence-electron chi connectivity index (χ4n) is 2.97. The number of likely N-dealkylation sites (tertiary alicyclic amines) is 1. The highest BCUT2D eigenvalue weighted by Crippen LogP contribution is 2.23. The molecule has 2 rings (SSSR count). The highest BCUT2D eigenvalue weighted by molar-refractivity contribution is 5.89. The number of methoxy groups -OCH3 is 1. The molecule has 1 atom stereocenters. The first-order valence-corrected chi connectivity index (χ1v) is 8.65. The Labute approximate surface area is 153 Å². The number of nitrogens with one attached hydrogen (secondary N) is 1. The quantitative estimate of drug-likeness (QED) is 0.735. The monoisotopic (exact) mass is 362 g/mol. The third kappa shape index (κ3) is 5.47. The number of carboxylic acid groups (broad SMARTS) is 1. The van der Waals surface area contributed by atoms with Gasteiger partial charge >= 0.3 is 5.97 Å². The van der Waals surface area contributed by atoms with Crippen LogP contribution in [0.3, 0.4) is 0 Å². The van der Waals surface area contributed by atoms with Crippen LogP contribution in [0.1, 0.15) is 38.7 Å². The number of carbonyl (C=O) groups excluding carboxylic acids is 2. The molecule has 1 aliphatic heterocycles. The van der Waals surface area contributed by atoms with Gasteiger partial charge in [0.05, 0.1) is 13.0 Å². The molecular formula is C19H26N2O5. The van der Waals surface area contributed by atoms with E-state index >= 15 is 0 Å². The van der Waals surface area contributed by atoms with Crippen LogP contribution in [-0.2, 0) is 20.9 Å². The predicted octanol–water partition coefficient (Wildman–Crippen LogP) is 1.80. The molecule has 7 heteroatoms. The number of amides is 2. The van der Waals surface area contributed by atoms with E-state index in [1.807, 2.05) is 24.3 Å². The minimum Gasteiger partial charge on any atom is -0.497 e. The van der Waals surface area contributed by atoms with Crippen LogP contribution in [0.15, 0.2) is 24.3 Å². The minimum atomic E-state index is -0.894. The lowest BCUT2D eigenvalue weighted by molar-refractivity contribution is -0.138. The SMILES string of the molecule is COc1ccc(CN2CC(C(=O)NC(C)(C)CCC(=O)O)CC2=O)cc1. The molecule has 142 valence electrons. The van der Waals surface area contributed by atoms with E-state index in [0.29, 0.717) is 19.5 Å². The summed E-state index contributed by atoms with van der Waals surface area (Å²) in [6.45, 7) is 4.40. The zero-order valence-corrected chi connectivity index (χ0v) is 15.4. The van der Waals surface area contributed by atoms with Gasteiger partial charge in [-0.1, -0.05) is 12.1 Å². The lowest BCUT2D eigenvalue weighted by atomic mass is 9.96. The number of carboxylic acids is 1. The maximum atomic E-state index is 12.5. The second-order valence-corrected chi connectivity index (χ2v) is 7.29. The van der Waals surface area contributed by atoms with Gasteiger partial charge in [0.2, 0.25) is 11.8 Å². The third-order valence-corrected chi connectivity index (χ3v) is 4.54. The maximum Gasteiger partial charge on any atom is 0.303 e. The first kappa shape index (κ1) is 19.8. The Morgan fingerprint density at radius 1 is 1.31 bits per heavy atom. The fourth-order valence-corrected chi connectivity index (χ4v) is 2.97. The van der Waals surface area contributed by atoms with Gasteiger partial charge in [-0.05, 0) is 38.0 Å². The molecular weight excluding hydrogens is 336 g/mol. The van der Waals surface area contributed by atoms with Crippen LogP contribution in [0.25, 0.3) is 0 Å². The number of aliphatic carboxylic acids is 1. The molecule has 0 spiro atoms. The van der Waals surface area contributed by atoms with Crippen LogP contribution in [0.5, 0.6) is 5.75 Å². The molecule has 0 radical (unpaired) electrons. The summed E-state index contributed by atoms with van der Waals surface area (Å²) in [5.74, 6) is -0.809. The summed E-state index contributed by atoms with van der Waals surface area (Å²) in [5.41, 5.74) is 0.351. The average molecular weight is 362 g/mol. The molecule has 1 unspecified atom stereocenters. The standard InChI is InChI=1S/C19H26N2O5/c1-19(2,9-8-17(23)24)20-18(25)14-10-16(22)21(12-14)11-13-4-6-15(26-3)7-5-13/h4-7,14H,8-12H2,1-3H3,(H,20,25)(H,23,24). The summed E-state index contributed by atoms with van der Waals surface area (Å²) in [4.78, 5) is 37.1. The van der Waals surface area contributed by atoms with Crippen LogP contribution in [0.2, 0.25) is 0 Å². The Hall–Kier alpha value is -2.57. The van der Waals surface area contributed by atoms with E-state index in [9.17, 15) is 14.4 Å². The van der Waals surface area contributed by atoms with Gasteiger partial charge in [-0.2, -0.15) is 0 Å². The van der Waals surface area contributed by atoms with E-state index in [-0.39, 0.29) is 24.7 Å². The average Bonchev–Trinajstić information content (AvgIpc) is 2.94. The largest absolute Gasteiger partial charge is 0.497 e. The van der Waals surface area contributed by atoms with Crippen molar-refractivity contribution in [2.24, 2.45) is 5.92 Å². The molecule has 0 aromatic heterocycles. The van der Waals surface area contributed by atoms with E-state index < -0.39 is 17.4 Å². The van der Waals surface area contributed by atoms with Crippen LogP contribution in [0, 0.1) is 5.92 Å². The maximum absolute atomic E-state index is 12.5. The van der Waals surface area contributed by atoms with Crippen molar-refractivity contribution in [3.63, 3.8) is 0 Å². The van der Waals surface area contributed by atoms with Gasteiger partial charge < -0.3 is 20.1 Å². The predicted molar refractivity (Wildman–Crippen MR) is 95.6 cm³/mol. The van der Waals surface area contributed by atoms with Crippen LogP contribution < -0.4 is 10.1 Å². The van der Waals surface area contributed by atoms with Gasteiger partial charge in [0.15, 0.2) is 0 Å². The zero-order chi connectivity index (χ0) is 19.3. The van der Waals surface area contributed by atoms with Crippen molar-refractivity contribution in [2.45, 2.75) is 45.2 Å². The molecule has 0 bridgehead atoms. The van der Waals surface area contributed by atoms with Crippen molar-refractivity contribution in [1.29, 1.82) is 0 Å². The number of carbonyl (C=O) groups is 3. The number of rotatable bonds is 8. The van der Waals surface area contributed by atoms with Gasteiger partial charge in [-0.15, -0.1) is 0 Å². The van der Waals surface area contributed by atoms with Crippen molar-refractivity contribution in [1.82, 2.24) is 10.2 Å². The van der Waals surface area contributed by atoms with Crippen molar-refractivity contribution in [3.8, 4) is 5.75 Å². The number of hydrogen-bond acceptors (Lipinski definition) is 4. The number of hydrogen-bond donors (Lipinski definition) is 2. The molecule has 2 amide bonds. The second-order valence-electron chi connectivity index (χ2n) is 7.29. The van der Waals surface area contributed by atoms with Gasteiger partial charge in [0.1, 0.15) is 5.75 Å². The Bertz CT molecular complexity index is 669. The molecule has 1 heterocycles. The summed E-state index contributed by atoms with van der Waals surface area (Å²) in [5, 5.41) is 11.7. The van der Waals surface area contributed by atoms with Crippen molar-refractivity contribution in [3.05, 3.63) is 29.8 Å². The Morgan fingerprint density at radius 3 is 2.54 bits per heavy atom. The molecule has 0 saturated carbocycles. The smallest absolute Gasteiger partial charge is 0.303 e. The zero-order valence-electron chi connectivity index (χ0n) is 15.4. The van der Waals surface area contributed by atoms with Gasteiger partial charge in [0, 0.05) is 31.5 Å². The van der Waals surface area contributed by atoms with Crippen molar-refractivity contribution >= 4 is 17.8 Å². The number of nitrogens with zero attached hydrogens (tertiary/aromatic N) is 1. The van der Waals surface area contributed by atoms with Crippen LogP contribution >= 0.6 is 0 Å². The summed E-state index contributed by atoms with van der Waals surface area (Å²) < 4.78 is 5.12. The molecule has 0 aliphatic carbocycles. The van der Waals surface area contributed by atoms with Crippen molar-refractivity contribution < 1.29 is 24.2 Å². The summed E-state index contributed by atoms with van der Waals surface area (Å²) >= 11 is 0. The fraction of sp³-hybridized carbons (Fsp3) is 0.526. The second kappa shape index (κ2) is 8.21. The van der Waals surface area contributed by atoms with E-state index in [1.54, 1.807) is 25.9 Å². The Balaban J connectivity index is 1.91. The lowest BCUT2D eigenvalue weighted by Crippen LogP contribution is -2.46. The molecule has 1 aromatic rings. The van der Waals surface area contributed by atoms with Gasteiger partial charge in [0.25, 0.3) is 0 Å². The normalized spacial score (nSPS) is 17.3. The van der Waals surface area contributed by atoms with E-state index in [2.05, 4.69) is 5.32 Å². The molecule has 1 saturated heterocycles. The molecule has 7 nitrogen and oxygen atoms in total.